The monoisotopic (exact) mass is 876 g/mol. The Morgan fingerprint density at radius 3 is 1.91 bits per heavy atom. The Balaban J connectivity index is 1.08. The fourth-order valence-corrected chi connectivity index (χ4v) is 13.9. The molecule has 4 amide bonds. The van der Waals surface area contributed by atoms with Crippen molar-refractivity contribution in [1.29, 1.82) is 0 Å². The van der Waals surface area contributed by atoms with Gasteiger partial charge in [0.1, 0.15) is 30.3 Å². The molecule has 332 valence electrons. The van der Waals surface area contributed by atoms with Crippen molar-refractivity contribution in [1.82, 2.24) is 20.9 Å². The van der Waals surface area contributed by atoms with Crippen LogP contribution >= 0.6 is 0 Å². The largest absolute Gasteiger partial charge is 0.398 e. The van der Waals surface area contributed by atoms with E-state index in [-0.39, 0.29) is 42.4 Å². The molecule has 64 heavy (non-hydrogen) atoms. The third-order valence-electron chi connectivity index (χ3n) is 12.6. The van der Waals surface area contributed by atoms with Gasteiger partial charge in [-0.05, 0) is 69.9 Å². The lowest BCUT2D eigenvalue weighted by Gasteiger charge is -2.44. The van der Waals surface area contributed by atoms with E-state index in [1.165, 1.54) is 0 Å². The molecule has 5 aromatic rings. The zero-order valence-corrected chi connectivity index (χ0v) is 38.3. The number of nitrogens with one attached hydrogen (secondary N) is 3. The molecule has 0 aliphatic carbocycles. The van der Waals surface area contributed by atoms with Crippen molar-refractivity contribution in [2.24, 2.45) is 0 Å². The molecule has 2 heterocycles. The molecule has 0 bridgehead atoms. The van der Waals surface area contributed by atoms with E-state index in [9.17, 15) is 24.0 Å². The molecule has 0 radical (unpaired) electrons. The first kappa shape index (κ1) is 45.8. The molecule has 10 nitrogen and oxygen atoms in total. The van der Waals surface area contributed by atoms with Crippen LogP contribution in [0.25, 0.3) is 10.8 Å². The molecule has 5 aromatic carbocycles. The van der Waals surface area contributed by atoms with Gasteiger partial charge >= 0.3 is 0 Å². The third kappa shape index (κ3) is 10.6. The molecule has 0 aromatic heterocycles. The summed E-state index contributed by atoms with van der Waals surface area (Å²) in [6.07, 6.45) is 5.10. The summed E-state index contributed by atoms with van der Waals surface area (Å²) in [6.45, 7) is 8.72. The molecule has 2 saturated heterocycles. The average molecular weight is 877 g/mol. The van der Waals surface area contributed by atoms with Crippen LogP contribution in [0.3, 0.4) is 0 Å². The van der Waals surface area contributed by atoms with Crippen molar-refractivity contribution in [2.45, 2.75) is 108 Å². The number of amides is 4. The lowest BCUT2D eigenvalue weighted by molar-refractivity contribution is -0.143. The van der Waals surface area contributed by atoms with Gasteiger partial charge in [-0.2, -0.15) is 0 Å². The smallest absolute Gasteiger partial charge is 0.262 e. The van der Waals surface area contributed by atoms with Crippen LogP contribution in [0.5, 0.6) is 0 Å². The van der Waals surface area contributed by atoms with Crippen LogP contribution in [0, 0.1) is 0 Å². The van der Waals surface area contributed by atoms with Crippen molar-refractivity contribution in [3.8, 4) is 0 Å². The number of benzene rings is 5. The molecule has 2 aliphatic heterocycles. The second kappa shape index (κ2) is 20.6. The number of hydrogen-bond acceptors (Lipinski definition) is 6. The number of allylic oxidation sites excluding steroid dienone is 2. The normalized spacial score (nSPS) is 20.5. The lowest BCUT2D eigenvalue weighted by atomic mass is 9.99. The van der Waals surface area contributed by atoms with Gasteiger partial charge in [0.15, 0.2) is 5.78 Å². The number of nitrogens with zero attached hydrogens (tertiary/aromatic N) is 1. The number of carbonyl (C=O) groups is 5. The van der Waals surface area contributed by atoms with Crippen LogP contribution in [-0.2, 0) is 41.2 Å². The molecule has 0 unspecified atom stereocenters. The number of rotatable bonds is 14. The van der Waals surface area contributed by atoms with Crippen LogP contribution in [0.4, 0.5) is 0 Å². The maximum absolute atomic E-state index is 14.3. The minimum atomic E-state index is -2.96. The van der Waals surface area contributed by atoms with E-state index in [0.29, 0.717) is 25.8 Å². The summed E-state index contributed by atoms with van der Waals surface area (Å²) in [6, 6.07) is 39.9. The van der Waals surface area contributed by atoms with Crippen LogP contribution < -0.4 is 26.3 Å². The van der Waals surface area contributed by atoms with Crippen LogP contribution in [0.2, 0.25) is 5.04 Å². The highest BCUT2D eigenvalue weighted by Crippen LogP contribution is 2.37. The Morgan fingerprint density at radius 1 is 0.688 bits per heavy atom. The third-order valence-corrected chi connectivity index (χ3v) is 17.7. The molecular formula is C53H60N4O6Si. The zero-order valence-electron chi connectivity index (χ0n) is 37.3. The van der Waals surface area contributed by atoms with Crippen molar-refractivity contribution in [3.05, 3.63) is 157 Å². The van der Waals surface area contributed by atoms with Gasteiger partial charge in [0, 0.05) is 25.8 Å². The zero-order chi connectivity index (χ0) is 45.3. The van der Waals surface area contributed by atoms with Gasteiger partial charge in [0.05, 0.1) is 0 Å². The number of Topliss-reactive ketones (excluding diaryl/α,β-unsaturated/α-hetero) is 1. The highest BCUT2D eigenvalue weighted by Gasteiger charge is 2.51. The topological polar surface area (TPSA) is 134 Å². The molecule has 5 atom stereocenters. The van der Waals surface area contributed by atoms with E-state index < -0.39 is 56.3 Å². The van der Waals surface area contributed by atoms with E-state index in [1.807, 2.05) is 122 Å². The summed E-state index contributed by atoms with van der Waals surface area (Å²) < 4.78 is 7.04. The summed E-state index contributed by atoms with van der Waals surface area (Å²) in [5.74, 6) is -1.79. The predicted octanol–water partition coefficient (Wildman–Crippen LogP) is 6.34. The fraction of sp³-hybridized carbons (Fsp3) is 0.340. The predicted molar refractivity (Wildman–Crippen MR) is 254 cm³/mol. The first-order valence-electron chi connectivity index (χ1n) is 22.5. The SMILES string of the molecule is C[C@H](O[Si](c1ccccc1)(c1ccccc1)C(C)(C)C)C(=O)CC=CCC[C@@H]1NC(=O)[C@H]2CCCN2C(=O)[C@H](Cc2ccccc2)NC(=O)[C@H](Cc2ccc3ccccc3c2)NC1=O. The quantitative estimate of drug-likeness (QED) is 0.0881. The maximum Gasteiger partial charge on any atom is 0.262 e. The second-order valence-electron chi connectivity index (χ2n) is 18.1. The summed E-state index contributed by atoms with van der Waals surface area (Å²) in [7, 11) is -2.96. The van der Waals surface area contributed by atoms with Gasteiger partial charge in [-0.25, -0.2) is 0 Å². The van der Waals surface area contributed by atoms with E-state index in [0.717, 1.165) is 32.3 Å². The minimum Gasteiger partial charge on any atom is -0.398 e. The number of carbonyl (C=O) groups excluding carboxylic acids is 5. The van der Waals surface area contributed by atoms with Crippen molar-refractivity contribution in [3.63, 3.8) is 0 Å². The molecule has 2 aliphatic rings. The first-order valence-corrected chi connectivity index (χ1v) is 24.4. The van der Waals surface area contributed by atoms with E-state index in [1.54, 1.807) is 11.0 Å². The van der Waals surface area contributed by atoms with Gasteiger partial charge < -0.3 is 25.3 Å². The summed E-state index contributed by atoms with van der Waals surface area (Å²) in [5, 5.41) is 12.9. The number of fused-ring (bicyclic) bond motifs is 2. The summed E-state index contributed by atoms with van der Waals surface area (Å²) >= 11 is 0. The minimum absolute atomic E-state index is 0.0691. The van der Waals surface area contributed by atoms with Gasteiger partial charge in [-0.3, -0.25) is 24.0 Å². The second-order valence-corrected chi connectivity index (χ2v) is 22.3. The van der Waals surface area contributed by atoms with E-state index in [4.69, 9.17) is 4.43 Å². The molecule has 11 heteroatoms. The standard InChI is InChI=1S/C53H60N4O6Si/c1-37(63-64(53(2,3)4,42-24-11-6-12-25-42)43-26-13-7-14-27-43)48(58)30-16-8-15-28-44-49(59)55-45(36-39-31-32-40-22-17-18-23-41(40)34-39)50(60)56-46(35-38-20-9-5-10-21-38)52(62)57-33-19-29-47(57)51(61)54-44/h5-14,16-18,20-27,31-32,34,37,44-47H,15,19,28-30,33,35-36H2,1-4H3,(H,54,61)(H,55,59)(H,56,60)/t37-,44-,45-,46-,47+/m0/s1. The van der Waals surface area contributed by atoms with Crippen LogP contribution in [0.15, 0.2) is 146 Å². The molecular weight excluding hydrogens is 817 g/mol. The van der Waals surface area contributed by atoms with E-state index >= 15 is 0 Å². The Morgan fingerprint density at radius 2 is 1.25 bits per heavy atom. The molecule has 0 saturated carbocycles. The van der Waals surface area contributed by atoms with Crippen molar-refractivity contribution >= 4 is 58.9 Å². The molecule has 7 rings (SSSR count). The summed E-state index contributed by atoms with van der Waals surface area (Å²) in [5.41, 5.74) is 1.69. The molecule has 2 fully saturated rings. The lowest BCUT2D eigenvalue weighted by Crippen LogP contribution is -2.68. The van der Waals surface area contributed by atoms with Crippen molar-refractivity contribution < 1.29 is 28.4 Å². The van der Waals surface area contributed by atoms with Gasteiger partial charge in [0.2, 0.25) is 23.6 Å². The Labute approximate surface area is 378 Å². The molecule has 3 N–H and O–H groups in total. The highest BCUT2D eigenvalue weighted by atomic mass is 28.4. The van der Waals surface area contributed by atoms with Gasteiger partial charge in [0.25, 0.3) is 8.32 Å². The Hall–Kier alpha value is -6.17. The van der Waals surface area contributed by atoms with Gasteiger partial charge in [-0.15, -0.1) is 0 Å². The molecule has 0 spiro atoms. The Kier molecular flexibility index (Phi) is 14.7. The maximum atomic E-state index is 14.3. The fourth-order valence-electron chi connectivity index (χ4n) is 9.21. The van der Waals surface area contributed by atoms with Gasteiger partial charge in [-0.1, -0.05) is 166 Å². The number of ketones is 1. The van der Waals surface area contributed by atoms with Crippen LogP contribution in [0.1, 0.15) is 70.9 Å². The Bertz CT molecular complexity index is 2420. The highest BCUT2D eigenvalue weighted by molar-refractivity contribution is 6.99. The van der Waals surface area contributed by atoms with E-state index in [2.05, 4.69) is 61.0 Å². The summed E-state index contributed by atoms with van der Waals surface area (Å²) in [4.78, 5) is 72.3. The first-order chi connectivity index (χ1) is 30.8. The van der Waals surface area contributed by atoms with Crippen LogP contribution in [-0.4, -0.2) is 79.4 Å². The number of hydrogen-bond donors (Lipinski definition) is 3. The van der Waals surface area contributed by atoms with Crippen molar-refractivity contribution in [2.75, 3.05) is 6.54 Å². The average Bonchev–Trinajstić information content (AvgIpc) is 3.80.